The number of carbonyl (C=O) groups excluding carboxylic acids is 1. The van der Waals surface area contributed by atoms with Crippen molar-refractivity contribution in [2.75, 3.05) is 11.1 Å². The minimum Gasteiger partial charge on any atom is -0.368 e. The van der Waals surface area contributed by atoms with Crippen molar-refractivity contribution in [3.8, 4) is 0 Å². The maximum atomic E-state index is 12.6. The number of hydrogen-bond donors (Lipinski definition) is 3. The summed E-state index contributed by atoms with van der Waals surface area (Å²) in [5, 5.41) is 12.7. The molecule has 0 amide bonds. The summed E-state index contributed by atoms with van der Waals surface area (Å²) in [6.07, 6.45) is 0. The summed E-state index contributed by atoms with van der Waals surface area (Å²) in [5.41, 5.74) is 6.89. The van der Waals surface area contributed by atoms with E-state index >= 15 is 0 Å². The minimum absolute atomic E-state index is 0.0210. The molecule has 0 aliphatic rings. The smallest absolute Gasteiger partial charge is 0.293 e. The lowest BCUT2D eigenvalue weighted by Gasteiger charge is -2.03. The van der Waals surface area contributed by atoms with Gasteiger partial charge in [-0.25, -0.2) is 18.5 Å². The van der Waals surface area contributed by atoms with Crippen LogP contribution in [-0.2, 0) is 10.0 Å². The van der Waals surface area contributed by atoms with Gasteiger partial charge < -0.3 is 11.1 Å². The van der Waals surface area contributed by atoms with Gasteiger partial charge in [0.15, 0.2) is 0 Å². The summed E-state index contributed by atoms with van der Waals surface area (Å²) in [6, 6.07) is 5.67. The van der Waals surface area contributed by atoms with E-state index in [0.717, 1.165) is 9.69 Å². The molecule has 0 bridgehead atoms. The summed E-state index contributed by atoms with van der Waals surface area (Å²) >= 11 is 1.25. The van der Waals surface area contributed by atoms with Crippen molar-refractivity contribution in [1.29, 1.82) is 0 Å². The number of aromatic nitrogens is 4. The molecule has 0 radical (unpaired) electrons. The van der Waals surface area contributed by atoms with Crippen LogP contribution in [0.25, 0.3) is 0 Å². The van der Waals surface area contributed by atoms with Crippen LogP contribution in [0.1, 0.15) is 20.4 Å². The van der Waals surface area contributed by atoms with E-state index in [9.17, 15) is 13.2 Å². The molecule has 136 valence electrons. The van der Waals surface area contributed by atoms with Gasteiger partial charge in [-0.15, -0.1) is 16.4 Å². The molecule has 10 nitrogen and oxygen atoms in total. The van der Waals surface area contributed by atoms with Crippen molar-refractivity contribution >= 4 is 44.9 Å². The fourth-order valence-electron chi connectivity index (χ4n) is 2.21. The average molecular weight is 393 g/mol. The minimum atomic E-state index is -3.77. The molecular formula is C14H15N7O3S2. The number of nitrogen functional groups attached to an aromatic ring is 1. The van der Waals surface area contributed by atoms with Crippen molar-refractivity contribution in [3.05, 3.63) is 39.8 Å². The average Bonchev–Trinajstić information content (AvgIpc) is 3.08. The van der Waals surface area contributed by atoms with Gasteiger partial charge in [0.1, 0.15) is 4.88 Å². The van der Waals surface area contributed by atoms with E-state index in [1.807, 2.05) is 0 Å². The van der Waals surface area contributed by atoms with Gasteiger partial charge >= 0.3 is 0 Å². The summed E-state index contributed by atoms with van der Waals surface area (Å²) < 4.78 is 23.5. The summed E-state index contributed by atoms with van der Waals surface area (Å²) in [4.78, 5) is 21.2. The third-order valence-corrected chi connectivity index (χ3v) is 5.35. The second-order valence-corrected chi connectivity index (χ2v) is 8.12. The number of primary sulfonamides is 1. The molecule has 0 saturated carbocycles. The Morgan fingerprint density at radius 2 is 1.85 bits per heavy atom. The lowest BCUT2D eigenvalue weighted by Crippen LogP contribution is -2.16. The van der Waals surface area contributed by atoms with Gasteiger partial charge in [-0.2, -0.15) is 9.67 Å². The first-order valence-corrected chi connectivity index (χ1v) is 9.62. The Bertz CT molecular complexity index is 1080. The maximum Gasteiger partial charge on any atom is 0.293 e. The molecule has 2 heterocycles. The Kier molecular flexibility index (Phi) is 4.48. The highest BCUT2D eigenvalue weighted by Gasteiger charge is 2.20. The van der Waals surface area contributed by atoms with Gasteiger partial charge in [-0.1, -0.05) is 0 Å². The third kappa shape index (κ3) is 3.56. The van der Waals surface area contributed by atoms with E-state index in [-0.39, 0.29) is 16.8 Å². The molecule has 0 unspecified atom stereocenters. The Morgan fingerprint density at radius 3 is 2.38 bits per heavy atom. The molecule has 12 heteroatoms. The van der Waals surface area contributed by atoms with Gasteiger partial charge in [0, 0.05) is 5.69 Å². The summed E-state index contributed by atoms with van der Waals surface area (Å²) in [7, 11) is -3.77. The van der Waals surface area contributed by atoms with Gasteiger partial charge in [0.05, 0.1) is 15.6 Å². The number of hydrogen-bond acceptors (Lipinski definition) is 9. The predicted octanol–water partition coefficient (Wildman–Crippen LogP) is 1.01. The number of thiazole rings is 1. The number of carbonyl (C=O) groups is 1. The molecule has 0 fully saturated rings. The van der Waals surface area contributed by atoms with Crippen molar-refractivity contribution in [1.82, 2.24) is 19.7 Å². The second-order valence-electron chi connectivity index (χ2n) is 5.35. The van der Waals surface area contributed by atoms with Crippen LogP contribution >= 0.6 is 11.3 Å². The predicted molar refractivity (Wildman–Crippen MR) is 96.8 cm³/mol. The Balaban J connectivity index is 1.84. The molecule has 3 aromatic rings. The first kappa shape index (κ1) is 18.0. The van der Waals surface area contributed by atoms with Crippen LogP contribution in [0.4, 0.5) is 17.6 Å². The van der Waals surface area contributed by atoms with Gasteiger partial charge in [0.25, 0.3) is 5.91 Å². The first-order chi connectivity index (χ1) is 12.1. The summed E-state index contributed by atoms with van der Waals surface area (Å²) in [5.74, 6) is -0.405. The molecule has 0 spiro atoms. The zero-order valence-corrected chi connectivity index (χ0v) is 15.4. The molecule has 0 aliphatic heterocycles. The molecule has 26 heavy (non-hydrogen) atoms. The Hall–Kier alpha value is -2.83. The van der Waals surface area contributed by atoms with Crippen LogP contribution in [0.3, 0.4) is 0 Å². The van der Waals surface area contributed by atoms with Gasteiger partial charge in [-0.05, 0) is 38.1 Å². The van der Waals surface area contributed by atoms with Crippen LogP contribution in [0, 0.1) is 13.8 Å². The van der Waals surface area contributed by atoms with Gasteiger partial charge in [0.2, 0.25) is 21.9 Å². The molecule has 2 aromatic heterocycles. The number of nitrogens with two attached hydrogens (primary N) is 2. The number of benzene rings is 1. The standard InChI is InChI=1S/C14H15N7O3S2/c1-7-11(25-8(2)17-7)12(22)21-13(15)19-14(20-21)18-9-3-5-10(6-4-9)26(16,23)24/h3-6H,1-2H3,(H2,16,23,24)(H3,15,18,19,20). The third-order valence-electron chi connectivity index (χ3n) is 3.36. The highest BCUT2D eigenvalue weighted by Crippen LogP contribution is 2.21. The van der Waals surface area contributed by atoms with E-state index in [1.54, 1.807) is 13.8 Å². The lowest BCUT2D eigenvalue weighted by atomic mass is 10.3. The van der Waals surface area contributed by atoms with Crippen LogP contribution in [-0.4, -0.2) is 34.1 Å². The number of rotatable bonds is 4. The zero-order chi connectivity index (χ0) is 19.1. The largest absolute Gasteiger partial charge is 0.368 e. The van der Waals surface area contributed by atoms with E-state index in [1.165, 1.54) is 35.6 Å². The summed E-state index contributed by atoms with van der Waals surface area (Å²) in [6.45, 7) is 3.54. The van der Waals surface area contributed by atoms with E-state index in [2.05, 4.69) is 20.4 Å². The monoisotopic (exact) mass is 393 g/mol. The lowest BCUT2D eigenvalue weighted by molar-refractivity contribution is 0.0951. The highest BCUT2D eigenvalue weighted by molar-refractivity contribution is 7.89. The van der Waals surface area contributed by atoms with Crippen LogP contribution in [0.5, 0.6) is 0 Å². The fourth-order valence-corrected chi connectivity index (χ4v) is 3.57. The number of anilines is 3. The Labute approximate surface area is 152 Å². The molecule has 3 rings (SSSR count). The van der Waals surface area contributed by atoms with E-state index in [0.29, 0.717) is 16.3 Å². The molecule has 0 saturated heterocycles. The highest BCUT2D eigenvalue weighted by atomic mass is 32.2. The van der Waals surface area contributed by atoms with Crippen LogP contribution in [0.2, 0.25) is 0 Å². The fraction of sp³-hybridized carbons (Fsp3) is 0.143. The van der Waals surface area contributed by atoms with E-state index in [4.69, 9.17) is 10.9 Å². The van der Waals surface area contributed by atoms with Gasteiger partial charge in [-0.3, -0.25) is 4.79 Å². The number of nitrogens with one attached hydrogen (secondary N) is 1. The Morgan fingerprint density at radius 1 is 1.19 bits per heavy atom. The van der Waals surface area contributed by atoms with Crippen molar-refractivity contribution < 1.29 is 13.2 Å². The number of aryl methyl sites for hydroxylation is 2. The maximum absolute atomic E-state index is 12.6. The van der Waals surface area contributed by atoms with Crippen molar-refractivity contribution in [2.45, 2.75) is 18.7 Å². The zero-order valence-electron chi connectivity index (χ0n) is 13.8. The second kappa shape index (κ2) is 6.48. The molecule has 0 aliphatic carbocycles. The van der Waals surface area contributed by atoms with Crippen LogP contribution in [0.15, 0.2) is 29.2 Å². The molecule has 1 aromatic carbocycles. The number of sulfonamides is 1. The van der Waals surface area contributed by atoms with Crippen molar-refractivity contribution in [3.63, 3.8) is 0 Å². The molecule has 5 N–H and O–H groups in total. The van der Waals surface area contributed by atoms with Crippen molar-refractivity contribution in [2.24, 2.45) is 5.14 Å². The van der Waals surface area contributed by atoms with E-state index < -0.39 is 15.9 Å². The quantitative estimate of drug-likeness (QED) is 0.592. The first-order valence-electron chi connectivity index (χ1n) is 7.26. The SMILES string of the molecule is Cc1nc(C)c(C(=O)n2nc(Nc3ccc(S(N)(=O)=O)cc3)nc2N)s1. The van der Waals surface area contributed by atoms with Crippen LogP contribution < -0.4 is 16.2 Å². The topological polar surface area (TPSA) is 159 Å². The molecule has 0 atom stereocenters. The normalized spacial score (nSPS) is 11.5. The molecular weight excluding hydrogens is 378 g/mol. The number of nitrogens with zero attached hydrogens (tertiary/aromatic N) is 4.